The third-order valence-electron chi connectivity index (χ3n) is 8.03. The number of rotatable bonds is 14. The van der Waals surface area contributed by atoms with Gasteiger partial charge < -0.3 is 25.3 Å². The van der Waals surface area contributed by atoms with Crippen molar-refractivity contribution in [2.75, 3.05) is 73.0 Å². The van der Waals surface area contributed by atoms with Crippen LogP contribution in [0.15, 0.2) is 0 Å². The summed E-state index contributed by atoms with van der Waals surface area (Å²) in [5, 5.41) is 5.84. The SMILES string of the molecule is CNC(=O)CCN1CCC(C2CCN(CCC(=O)NCCCN(C)CCCC(C)(C)C)CC2)CC1. The number of nitrogens with one attached hydrogen (secondary N) is 2. The smallest absolute Gasteiger partial charge is 0.221 e. The van der Waals surface area contributed by atoms with Gasteiger partial charge in [0, 0.05) is 39.5 Å². The van der Waals surface area contributed by atoms with Crippen LogP contribution in [-0.2, 0) is 9.59 Å². The van der Waals surface area contributed by atoms with Crippen LogP contribution in [0.25, 0.3) is 0 Å². The van der Waals surface area contributed by atoms with Crippen LogP contribution >= 0.6 is 0 Å². The minimum Gasteiger partial charge on any atom is -0.359 e. The summed E-state index contributed by atoms with van der Waals surface area (Å²) >= 11 is 0. The number of hydrogen-bond acceptors (Lipinski definition) is 5. The molecular weight excluding hydrogens is 438 g/mol. The molecule has 2 aliphatic rings. The first kappa shape index (κ1) is 30.0. The number of carbonyl (C=O) groups excluding carboxylic acids is 2. The van der Waals surface area contributed by atoms with E-state index in [4.69, 9.17) is 0 Å². The zero-order valence-corrected chi connectivity index (χ0v) is 23.5. The average molecular weight is 494 g/mol. The van der Waals surface area contributed by atoms with Crippen LogP contribution in [0.5, 0.6) is 0 Å². The first-order valence-electron chi connectivity index (χ1n) is 14.3. The molecule has 0 aliphatic carbocycles. The highest BCUT2D eigenvalue weighted by Crippen LogP contribution is 2.32. The first-order valence-corrected chi connectivity index (χ1v) is 14.3. The molecule has 0 aromatic rings. The summed E-state index contributed by atoms with van der Waals surface area (Å²) in [4.78, 5) is 31.1. The summed E-state index contributed by atoms with van der Waals surface area (Å²) in [5.74, 6) is 2.01. The van der Waals surface area contributed by atoms with E-state index in [2.05, 4.69) is 53.2 Å². The number of amides is 2. The van der Waals surface area contributed by atoms with Gasteiger partial charge in [-0.05, 0) is 109 Å². The quantitative estimate of drug-likeness (QED) is 0.364. The second kappa shape index (κ2) is 15.8. The fourth-order valence-corrected chi connectivity index (χ4v) is 5.60. The zero-order chi connectivity index (χ0) is 25.7. The van der Waals surface area contributed by atoms with Gasteiger partial charge in [-0.25, -0.2) is 0 Å². The molecular formula is C28H55N5O2. The van der Waals surface area contributed by atoms with Crippen LogP contribution in [0.2, 0.25) is 0 Å². The highest BCUT2D eigenvalue weighted by Gasteiger charge is 2.29. The Morgan fingerprint density at radius 1 is 0.829 bits per heavy atom. The molecule has 2 amide bonds. The molecule has 0 atom stereocenters. The van der Waals surface area contributed by atoms with E-state index in [1.165, 1.54) is 38.5 Å². The summed E-state index contributed by atoms with van der Waals surface area (Å²) in [6.45, 7) is 16.2. The molecule has 7 heteroatoms. The summed E-state index contributed by atoms with van der Waals surface area (Å²) in [7, 11) is 3.90. The van der Waals surface area contributed by atoms with Crippen molar-refractivity contribution in [3.05, 3.63) is 0 Å². The second-order valence-electron chi connectivity index (χ2n) is 12.2. The van der Waals surface area contributed by atoms with E-state index in [1.54, 1.807) is 7.05 Å². The second-order valence-corrected chi connectivity index (χ2v) is 12.2. The van der Waals surface area contributed by atoms with Gasteiger partial charge in [-0.2, -0.15) is 0 Å². The van der Waals surface area contributed by atoms with Crippen molar-refractivity contribution in [2.45, 2.75) is 78.6 Å². The van der Waals surface area contributed by atoms with Gasteiger partial charge in [-0.3, -0.25) is 9.59 Å². The van der Waals surface area contributed by atoms with E-state index in [1.807, 2.05) is 0 Å². The zero-order valence-electron chi connectivity index (χ0n) is 23.5. The number of carbonyl (C=O) groups is 2. The van der Waals surface area contributed by atoms with Gasteiger partial charge in [0.2, 0.25) is 11.8 Å². The topological polar surface area (TPSA) is 67.9 Å². The van der Waals surface area contributed by atoms with Crippen LogP contribution in [0, 0.1) is 17.3 Å². The first-order chi connectivity index (χ1) is 16.7. The lowest BCUT2D eigenvalue weighted by atomic mass is 9.79. The van der Waals surface area contributed by atoms with E-state index >= 15 is 0 Å². The van der Waals surface area contributed by atoms with Crippen LogP contribution in [-0.4, -0.2) is 99.5 Å². The highest BCUT2D eigenvalue weighted by atomic mass is 16.2. The average Bonchev–Trinajstić information content (AvgIpc) is 2.83. The highest BCUT2D eigenvalue weighted by molar-refractivity contribution is 5.76. The summed E-state index contributed by atoms with van der Waals surface area (Å²) in [6, 6.07) is 0. The Hall–Kier alpha value is -1.18. The Kier molecular flexibility index (Phi) is 13.6. The maximum Gasteiger partial charge on any atom is 0.221 e. The van der Waals surface area contributed by atoms with Gasteiger partial charge in [0.25, 0.3) is 0 Å². The molecule has 204 valence electrons. The Balaban J connectivity index is 1.48. The molecule has 2 aliphatic heterocycles. The van der Waals surface area contributed by atoms with Crippen LogP contribution in [0.3, 0.4) is 0 Å². The lowest BCUT2D eigenvalue weighted by Gasteiger charge is -2.40. The van der Waals surface area contributed by atoms with Crippen molar-refractivity contribution in [3.63, 3.8) is 0 Å². The van der Waals surface area contributed by atoms with E-state index in [0.29, 0.717) is 18.3 Å². The molecule has 2 rings (SSSR count). The fraction of sp³-hybridized carbons (Fsp3) is 0.929. The van der Waals surface area contributed by atoms with E-state index < -0.39 is 0 Å². The predicted octanol–water partition coefficient (Wildman–Crippen LogP) is 3.20. The minimum absolute atomic E-state index is 0.142. The minimum atomic E-state index is 0.142. The number of piperidine rings is 2. The largest absolute Gasteiger partial charge is 0.359 e. The number of nitrogens with zero attached hydrogens (tertiary/aromatic N) is 3. The van der Waals surface area contributed by atoms with Crippen molar-refractivity contribution in [2.24, 2.45) is 17.3 Å². The Labute approximate surface area is 215 Å². The Morgan fingerprint density at radius 2 is 1.31 bits per heavy atom. The maximum absolute atomic E-state index is 12.3. The summed E-state index contributed by atoms with van der Waals surface area (Å²) in [5.41, 5.74) is 0.414. The maximum atomic E-state index is 12.3. The fourth-order valence-electron chi connectivity index (χ4n) is 5.60. The molecule has 0 spiro atoms. The van der Waals surface area contributed by atoms with Gasteiger partial charge in [0.05, 0.1) is 0 Å². The van der Waals surface area contributed by atoms with Gasteiger partial charge in [-0.15, -0.1) is 0 Å². The number of likely N-dealkylation sites (tertiary alicyclic amines) is 2. The Morgan fingerprint density at radius 3 is 1.80 bits per heavy atom. The molecule has 2 heterocycles. The van der Waals surface area contributed by atoms with Gasteiger partial charge in [-0.1, -0.05) is 20.8 Å². The molecule has 2 N–H and O–H groups in total. The van der Waals surface area contributed by atoms with Crippen molar-refractivity contribution in [1.82, 2.24) is 25.3 Å². The predicted molar refractivity (Wildman–Crippen MR) is 145 cm³/mol. The van der Waals surface area contributed by atoms with Gasteiger partial charge >= 0.3 is 0 Å². The molecule has 0 bridgehead atoms. The van der Waals surface area contributed by atoms with Crippen molar-refractivity contribution >= 4 is 11.8 Å². The standard InChI is InChI=1S/C28H55N5O2/c1-28(2,3)14-6-16-31(5)17-7-15-30-27(35)13-23-33-20-10-25(11-21-33)24-8-18-32(19-9-24)22-12-26(34)29-4/h24-25H,6-23H2,1-5H3,(H,29,34)(H,30,35). The number of hydrogen-bond donors (Lipinski definition) is 2. The van der Waals surface area contributed by atoms with E-state index in [-0.39, 0.29) is 11.8 Å². The molecule has 0 radical (unpaired) electrons. The molecule has 7 nitrogen and oxygen atoms in total. The summed E-state index contributed by atoms with van der Waals surface area (Å²) in [6.07, 6.45) is 9.83. The van der Waals surface area contributed by atoms with Crippen LogP contribution < -0.4 is 10.6 Å². The molecule has 0 aromatic heterocycles. The normalized spacial score (nSPS) is 19.3. The Bertz CT molecular complexity index is 605. The third-order valence-corrected chi connectivity index (χ3v) is 8.03. The molecule has 0 unspecified atom stereocenters. The van der Waals surface area contributed by atoms with Crippen LogP contribution in [0.1, 0.15) is 78.6 Å². The molecule has 2 saturated heterocycles. The molecule has 0 aromatic carbocycles. The van der Waals surface area contributed by atoms with E-state index in [0.717, 1.165) is 77.2 Å². The molecule has 35 heavy (non-hydrogen) atoms. The summed E-state index contributed by atoms with van der Waals surface area (Å²) < 4.78 is 0. The third kappa shape index (κ3) is 13.1. The lowest BCUT2D eigenvalue weighted by molar-refractivity contribution is -0.122. The lowest BCUT2D eigenvalue weighted by Crippen LogP contribution is -2.42. The van der Waals surface area contributed by atoms with Crippen molar-refractivity contribution in [1.29, 1.82) is 0 Å². The molecule has 2 fully saturated rings. The molecule has 0 saturated carbocycles. The van der Waals surface area contributed by atoms with E-state index in [9.17, 15) is 9.59 Å². The van der Waals surface area contributed by atoms with Crippen LogP contribution in [0.4, 0.5) is 0 Å². The van der Waals surface area contributed by atoms with Crippen molar-refractivity contribution in [3.8, 4) is 0 Å². The van der Waals surface area contributed by atoms with Gasteiger partial charge in [0.15, 0.2) is 0 Å². The van der Waals surface area contributed by atoms with Crippen molar-refractivity contribution < 1.29 is 9.59 Å². The van der Waals surface area contributed by atoms with Gasteiger partial charge in [0.1, 0.15) is 0 Å². The monoisotopic (exact) mass is 493 g/mol.